The van der Waals surface area contributed by atoms with E-state index < -0.39 is 5.97 Å². The maximum Gasteiger partial charge on any atom is 0.337 e. The predicted molar refractivity (Wildman–Crippen MR) is 66.9 cm³/mol. The highest BCUT2D eigenvalue weighted by Crippen LogP contribution is 2.32. The molecule has 0 spiro atoms. The summed E-state index contributed by atoms with van der Waals surface area (Å²) in [6, 6.07) is 5.25. The van der Waals surface area contributed by atoms with E-state index in [2.05, 4.69) is 0 Å². The van der Waals surface area contributed by atoms with Crippen LogP contribution in [0.3, 0.4) is 0 Å². The van der Waals surface area contributed by atoms with Crippen molar-refractivity contribution in [3.63, 3.8) is 0 Å². The Morgan fingerprint density at radius 1 is 1.33 bits per heavy atom. The number of fused-ring (bicyclic) bond motifs is 3. The first-order valence-electron chi connectivity index (χ1n) is 5.93. The number of carbonyl (C=O) groups is 2. The van der Waals surface area contributed by atoms with Crippen LogP contribution in [0.2, 0.25) is 0 Å². The SMILES string of the molecule is Cn1c2c(c3cccc(C(=O)O)c31)CC(=O)CC2. The summed E-state index contributed by atoms with van der Waals surface area (Å²) in [5.74, 6) is -0.694. The average Bonchev–Trinajstić information content (AvgIpc) is 2.63. The number of aromatic nitrogens is 1. The fraction of sp³-hybridized carbons (Fsp3) is 0.286. The van der Waals surface area contributed by atoms with Gasteiger partial charge in [0, 0.05) is 31.0 Å². The molecule has 18 heavy (non-hydrogen) atoms. The van der Waals surface area contributed by atoms with Crippen molar-refractivity contribution in [1.82, 2.24) is 4.57 Å². The first-order valence-corrected chi connectivity index (χ1v) is 5.93. The number of aromatic carboxylic acids is 1. The predicted octanol–water partition coefficient (Wildman–Crippen LogP) is 1.93. The van der Waals surface area contributed by atoms with Gasteiger partial charge in [0.15, 0.2) is 0 Å². The minimum absolute atomic E-state index is 0.232. The van der Waals surface area contributed by atoms with Crippen molar-refractivity contribution in [2.45, 2.75) is 19.3 Å². The first kappa shape index (κ1) is 11.0. The summed E-state index contributed by atoms with van der Waals surface area (Å²) in [7, 11) is 1.88. The van der Waals surface area contributed by atoms with Gasteiger partial charge in [-0.3, -0.25) is 4.79 Å². The summed E-state index contributed by atoms with van der Waals surface area (Å²) >= 11 is 0. The molecule has 3 rings (SSSR count). The maximum atomic E-state index is 11.6. The Hall–Kier alpha value is -2.10. The third-order valence-corrected chi connectivity index (χ3v) is 3.69. The maximum absolute atomic E-state index is 11.6. The van der Waals surface area contributed by atoms with Crippen LogP contribution in [0.1, 0.15) is 28.0 Å². The molecule has 0 fully saturated rings. The number of hydrogen-bond acceptors (Lipinski definition) is 2. The number of rotatable bonds is 1. The summed E-state index contributed by atoms with van der Waals surface area (Å²) in [5, 5.41) is 10.1. The van der Waals surface area contributed by atoms with Gasteiger partial charge in [-0.15, -0.1) is 0 Å². The Labute approximate surface area is 104 Å². The van der Waals surface area contributed by atoms with Gasteiger partial charge < -0.3 is 9.67 Å². The Morgan fingerprint density at radius 2 is 2.11 bits per heavy atom. The van der Waals surface area contributed by atoms with Crippen LogP contribution in [0.5, 0.6) is 0 Å². The minimum atomic E-state index is -0.926. The molecule has 92 valence electrons. The van der Waals surface area contributed by atoms with E-state index in [0.29, 0.717) is 24.8 Å². The summed E-state index contributed by atoms with van der Waals surface area (Å²) in [4.78, 5) is 22.8. The van der Waals surface area contributed by atoms with E-state index >= 15 is 0 Å². The molecular formula is C14H13NO3. The Kier molecular flexibility index (Phi) is 2.26. The van der Waals surface area contributed by atoms with Gasteiger partial charge in [0.25, 0.3) is 0 Å². The molecular weight excluding hydrogens is 230 g/mol. The third-order valence-electron chi connectivity index (χ3n) is 3.69. The van der Waals surface area contributed by atoms with Crippen molar-refractivity contribution in [2.75, 3.05) is 0 Å². The van der Waals surface area contributed by atoms with Crippen LogP contribution >= 0.6 is 0 Å². The van der Waals surface area contributed by atoms with Crippen molar-refractivity contribution < 1.29 is 14.7 Å². The molecule has 1 heterocycles. The first-order chi connectivity index (χ1) is 8.59. The van der Waals surface area contributed by atoms with Crippen molar-refractivity contribution in [1.29, 1.82) is 0 Å². The molecule has 2 aromatic rings. The quantitative estimate of drug-likeness (QED) is 0.832. The van der Waals surface area contributed by atoms with Crippen molar-refractivity contribution in [2.24, 2.45) is 7.05 Å². The molecule has 4 nitrogen and oxygen atoms in total. The van der Waals surface area contributed by atoms with Gasteiger partial charge in [-0.25, -0.2) is 4.79 Å². The van der Waals surface area contributed by atoms with Crippen LogP contribution in [-0.4, -0.2) is 21.4 Å². The summed E-state index contributed by atoms with van der Waals surface area (Å²) in [6.45, 7) is 0. The van der Waals surface area contributed by atoms with Crippen LogP contribution in [0.4, 0.5) is 0 Å². The monoisotopic (exact) mass is 243 g/mol. The minimum Gasteiger partial charge on any atom is -0.478 e. The zero-order chi connectivity index (χ0) is 12.9. The molecule has 0 radical (unpaired) electrons. The lowest BCUT2D eigenvalue weighted by Gasteiger charge is -2.12. The summed E-state index contributed by atoms with van der Waals surface area (Å²) in [5.41, 5.74) is 3.13. The van der Waals surface area contributed by atoms with Crippen LogP contribution in [-0.2, 0) is 24.7 Å². The number of nitrogens with zero attached hydrogens (tertiary/aromatic N) is 1. The van der Waals surface area contributed by atoms with Gasteiger partial charge in [0.1, 0.15) is 5.78 Å². The van der Waals surface area contributed by atoms with E-state index in [4.69, 9.17) is 0 Å². The van der Waals surface area contributed by atoms with Crippen molar-refractivity contribution in [3.05, 3.63) is 35.0 Å². The smallest absolute Gasteiger partial charge is 0.337 e. The normalized spacial score (nSPS) is 14.8. The lowest BCUT2D eigenvalue weighted by atomic mass is 9.94. The van der Waals surface area contributed by atoms with Gasteiger partial charge in [0.05, 0.1) is 11.1 Å². The second-order valence-corrected chi connectivity index (χ2v) is 4.71. The second-order valence-electron chi connectivity index (χ2n) is 4.71. The molecule has 1 aromatic carbocycles. The van der Waals surface area contributed by atoms with Crippen LogP contribution in [0, 0.1) is 0 Å². The number of para-hydroxylation sites is 1. The average molecular weight is 243 g/mol. The highest BCUT2D eigenvalue weighted by Gasteiger charge is 2.24. The van der Waals surface area contributed by atoms with Gasteiger partial charge in [-0.05, 0) is 18.1 Å². The number of Topliss-reactive ketones (excluding diaryl/α,β-unsaturated/α-hetero) is 1. The zero-order valence-corrected chi connectivity index (χ0v) is 10.1. The van der Waals surface area contributed by atoms with E-state index in [1.54, 1.807) is 12.1 Å². The Balaban J connectivity index is 2.40. The number of carboxylic acid groups (broad SMARTS) is 1. The number of hydrogen-bond donors (Lipinski definition) is 1. The number of carbonyl (C=O) groups excluding carboxylic acids is 1. The molecule has 0 amide bonds. The van der Waals surface area contributed by atoms with Crippen LogP contribution in [0.15, 0.2) is 18.2 Å². The lowest BCUT2D eigenvalue weighted by Crippen LogP contribution is -2.14. The van der Waals surface area contributed by atoms with Crippen LogP contribution < -0.4 is 0 Å². The summed E-state index contributed by atoms with van der Waals surface area (Å²) in [6.07, 6.45) is 1.69. The topological polar surface area (TPSA) is 59.3 Å². The number of aryl methyl sites for hydroxylation is 1. The van der Waals surface area contributed by atoms with Gasteiger partial charge >= 0.3 is 5.97 Å². The van der Waals surface area contributed by atoms with E-state index in [0.717, 1.165) is 22.2 Å². The molecule has 1 N–H and O–H groups in total. The highest BCUT2D eigenvalue weighted by molar-refractivity contribution is 6.05. The van der Waals surface area contributed by atoms with E-state index in [9.17, 15) is 14.7 Å². The van der Waals surface area contributed by atoms with Crippen molar-refractivity contribution in [3.8, 4) is 0 Å². The molecule has 1 aromatic heterocycles. The van der Waals surface area contributed by atoms with Crippen LogP contribution in [0.25, 0.3) is 10.9 Å². The van der Waals surface area contributed by atoms with E-state index in [1.165, 1.54) is 0 Å². The molecule has 0 unspecified atom stereocenters. The molecule has 0 bridgehead atoms. The molecule has 0 saturated heterocycles. The highest BCUT2D eigenvalue weighted by atomic mass is 16.4. The van der Waals surface area contributed by atoms with Gasteiger partial charge in [-0.2, -0.15) is 0 Å². The zero-order valence-electron chi connectivity index (χ0n) is 10.1. The largest absolute Gasteiger partial charge is 0.478 e. The molecule has 4 heteroatoms. The van der Waals surface area contributed by atoms with E-state index in [-0.39, 0.29) is 5.78 Å². The molecule has 0 atom stereocenters. The fourth-order valence-electron chi connectivity index (χ4n) is 2.87. The molecule has 1 aliphatic carbocycles. The molecule has 0 saturated carbocycles. The van der Waals surface area contributed by atoms with Crippen molar-refractivity contribution >= 4 is 22.7 Å². The second kappa shape index (κ2) is 3.70. The fourth-order valence-corrected chi connectivity index (χ4v) is 2.87. The van der Waals surface area contributed by atoms with Gasteiger partial charge in [-0.1, -0.05) is 12.1 Å². The third kappa shape index (κ3) is 1.38. The molecule has 1 aliphatic rings. The standard InChI is InChI=1S/C14H13NO3/c1-15-12-6-5-8(16)7-11(12)9-3-2-4-10(13(9)15)14(17)18/h2-4H,5-7H2,1H3,(H,17,18). The number of ketones is 1. The summed E-state index contributed by atoms with van der Waals surface area (Å²) < 4.78 is 1.93. The number of carboxylic acids is 1. The Bertz CT molecular complexity index is 682. The Morgan fingerprint density at radius 3 is 2.83 bits per heavy atom. The lowest BCUT2D eigenvalue weighted by molar-refractivity contribution is -0.118. The van der Waals surface area contributed by atoms with Gasteiger partial charge in [0.2, 0.25) is 0 Å². The number of benzene rings is 1. The molecule has 0 aliphatic heterocycles. The van der Waals surface area contributed by atoms with E-state index in [1.807, 2.05) is 17.7 Å².